The molecule has 0 bridgehead atoms. The molecule has 1 N–H and O–H groups in total. The largest absolute Gasteiger partial charge is 0.466 e. The van der Waals surface area contributed by atoms with Crippen molar-refractivity contribution in [2.75, 3.05) is 39.5 Å². The van der Waals surface area contributed by atoms with Crippen molar-refractivity contribution < 1.29 is 24.2 Å². The first-order valence-electron chi connectivity index (χ1n) is 24.5. The van der Waals surface area contributed by atoms with Crippen molar-refractivity contribution in [2.24, 2.45) is 17.8 Å². The lowest BCUT2D eigenvalue weighted by Crippen LogP contribution is -2.31. The molecule has 0 rings (SSSR count). The zero-order chi connectivity index (χ0) is 40.5. The van der Waals surface area contributed by atoms with E-state index in [9.17, 15) is 14.7 Å². The quantitative estimate of drug-likeness (QED) is 0.0490. The summed E-state index contributed by atoms with van der Waals surface area (Å²) in [6.07, 6.45) is 38.5. The number of hydrogen-bond donors (Lipinski definition) is 1. The Labute approximate surface area is 343 Å². The number of nitrogens with zero attached hydrogens (tertiary/aromatic N) is 1. The van der Waals surface area contributed by atoms with Gasteiger partial charge >= 0.3 is 11.9 Å². The van der Waals surface area contributed by atoms with E-state index >= 15 is 0 Å². The number of unbranched alkanes of at least 4 members (excludes halogenated alkanes) is 17. The molecule has 0 heterocycles. The highest BCUT2D eigenvalue weighted by Crippen LogP contribution is 2.23. The molecule has 3 atom stereocenters. The summed E-state index contributed by atoms with van der Waals surface area (Å²) in [5.41, 5.74) is 0. The van der Waals surface area contributed by atoms with Gasteiger partial charge in [0.15, 0.2) is 0 Å². The summed E-state index contributed by atoms with van der Waals surface area (Å²) < 4.78 is 11.4. The van der Waals surface area contributed by atoms with Crippen LogP contribution in [0.4, 0.5) is 0 Å². The Kier molecular flexibility index (Phi) is 41.6. The number of aliphatic hydroxyl groups excluding tert-OH is 1. The van der Waals surface area contributed by atoms with Crippen LogP contribution in [0.5, 0.6) is 0 Å². The molecule has 0 aromatic heterocycles. The fourth-order valence-corrected chi connectivity index (χ4v) is 8.11. The second kappa shape index (κ2) is 42.5. The third-order valence-corrected chi connectivity index (χ3v) is 11.8. The van der Waals surface area contributed by atoms with E-state index < -0.39 is 0 Å². The van der Waals surface area contributed by atoms with Crippen molar-refractivity contribution >= 4 is 11.9 Å². The second-order valence-corrected chi connectivity index (χ2v) is 17.4. The van der Waals surface area contributed by atoms with Crippen LogP contribution < -0.4 is 0 Å². The average Bonchev–Trinajstić information content (AvgIpc) is 3.17. The molecule has 6 heteroatoms. The van der Waals surface area contributed by atoms with E-state index in [-0.39, 0.29) is 18.5 Å². The monoisotopic (exact) mass is 780 g/mol. The SMILES string of the molecule is CCCCCCCC(CCCC)CCOC(=O)CCCCCCN(CCCCCO)CC(C)CCCCC(=O)OCCC(CCCCC)CCCCCCC. The molecule has 0 saturated heterocycles. The highest BCUT2D eigenvalue weighted by Gasteiger charge is 2.14. The summed E-state index contributed by atoms with van der Waals surface area (Å²) in [6.45, 7) is 16.2. The van der Waals surface area contributed by atoms with Gasteiger partial charge in [0.05, 0.1) is 13.2 Å². The Hall–Kier alpha value is -1.14. The molecule has 6 nitrogen and oxygen atoms in total. The van der Waals surface area contributed by atoms with Crippen molar-refractivity contribution in [1.29, 1.82) is 0 Å². The van der Waals surface area contributed by atoms with Crippen molar-refractivity contribution in [3.8, 4) is 0 Å². The van der Waals surface area contributed by atoms with Crippen LogP contribution in [0.3, 0.4) is 0 Å². The Morgan fingerprint density at radius 3 is 1.35 bits per heavy atom. The van der Waals surface area contributed by atoms with Crippen molar-refractivity contribution in [1.82, 2.24) is 4.90 Å². The molecule has 0 saturated carbocycles. The van der Waals surface area contributed by atoms with E-state index in [1.807, 2.05) is 0 Å². The van der Waals surface area contributed by atoms with Crippen molar-refractivity contribution in [2.45, 2.75) is 247 Å². The molecule has 0 aromatic rings. The van der Waals surface area contributed by atoms with Crippen LogP contribution in [0.1, 0.15) is 247 Å². The smallest absolute Gasteiger partial charge is 0.305 e. The van der Waals surface area contributed by atoms with Crippen LogP contribution in [0.15, 0.2) is 0 Å². The molecule has 0 aliphatic heterocycles. The topological polar surface area (TPSA) is 76.1 Å². The Morgan fingerprint density at radius 2 is 0.836 bits per heavy atom. The predicted molar refractivity (Wildman–Crippen MR) is 237 cm³/mol. The highest BCUT2D eigenvalue weighted by molar-refractivity contribution is 5.69. The summed E-state index contributed by atoms with van der Waals surface area (Å²) in [5, 5.41) is 9.24. The Bertz CT molecular complexity index is 806. The summed E-state index contributed by atoms with van der Waals surface area (Å²) in [4.78, 5) is 27.6. The molecule has 0 aliphatic rings. The number of carbonyl (C=O) groups excluding carboxylic acids is 2. The predicted octanol–water partition coefficient (Wildman–Crippen LogP) is 14.2. The molecule has 0 fully saturated rings. The van der Waals surface area contributed by atoms with Gasteiger partial charge < -0.3 is 19.5 Å². The van der Waals surface area contributed by atoms with Gasteiger partial charge in [-0.25, -0.2) is 0 Å². The van der Waals surface area contributed by atoms with Gasteiger partial charge in [0.2, 0.25) is 0 Å². The van der Waals surface area contributed by atoms with Crippen molar-refractivity contribution in [3.63, 3.8) is 0 Å². The maximum absolute atomic E-state index is 12.5. The van der Waals surface area contributed by atoms with Crippen LogP contribution >= 0.6 is 0 Å². The van der Waals surface area contributed by atoms with Crippen LogP contribution in [0.25, 0.3) is 0 Å². The van der Waals surface area contributed by atoms with Gasteiger partial charge in [0.1, 0.15) is 0 Å². The molecule has 0 spiro atoms. The van der Waals surface area contributed by atoms with Crippen LogP contribution in [0, 0.1) is 17.8 Å². The minimum atomic E-state index is -0.0141. The van der Waals surface area contributed by atoms with E-state index in [0.29, 0.717) is 43.8 Å². The number of rotatable bonds is 44. The fourth-order valence-electron chi connectivity index (χ4n) is 8.11. The molecular weight excluding hydrogens is 683 g/mol. The number of ether oxygens (including phenoxy) is 2. The van der Waals surface area contributed by atoms with E-state index in [4.69, 9.17) is 9.47 Å². The summed E-state index contributed by atoms with van der Waals surface area (Å²) >= 11 is 0. The fraction of sp³-hybridized carbons (Fsp3) is 0.959. The first-order chi connectivity index (χ1) is 26.9. The summed E-state index contributed by atoms with van der Waals surface area (Å²) in [5.74, 6) is 1.97. The maximum Gasteiger partial charge on any atom is 0.305 e. The zero-order valence-electron chi connectivity index (χ0n) is 37.8. The lowest BCUT2D eigenvalue weighted by atomic mass is 9.92. The minimum Gasteiger partial charge on any atom is -0.466 e. The lowest BCUT2D eigenvalue weighted by molar-refractivity contribution is -0.145. The van der Waals surface area contributed by atoms with E-state index in [0.717, 1.165) is 96.7 Å². The van der Waals surface area contributed by atoms with Gasteiger partial charge in [-0.2, -0.15) is 0 Å². The zero-order valence-corrected chi connectivity index (χ0v) is 37.8. The number of hydrogen-bond acceptors (Lipinski definition) is 6. The Morgan fingerprint density at radius 1 is 0.455 bits per heavy atom. The van der Waals surface area contributed by atoms with Crippen molar-refractivity contribution in [3.05, 3.63) is 0 Å². The van der Waals surface area contributed by atoms with Gasteiger partial charge in [-0.3, -0.25) is 9.59 Å². The van der Waals surface area contributed by atoms with E-state index in [1.54, 1.807) is 0 Å². The normalized spacial score (nSPS) is 13.3. The average molecular weight is 780 g/mol. The molecule has 0 aliphatic carbocycles. The van der Waals surface area contributed by atoms with Gasteiger partial charge in [-0.05, 0) is 88.6 Å². The maximum atomic E-state index is 12.5. The van der Waals surface area contributed by atoms with E-state index in [2.05, 4.69) is 39.5 Å². The molecule has 0 aromatic carbocycles. The van der Waals surface area contributed by atoms with E-state index in [1.165, 1.54) is 122 Å². The molecule has 328 valence electrons. The molecule has 0 amide bonds. The summed E-state index contributed by atoms with van der Waals surface area (Å²) in [6, 6.07) is 0. The minimum absolute atomic E-state index is 0.0128. The second-order valence-electron chi connectivity index (χ2n) is 17.4. The molecule has 0 radical (unpaired) electrons. The molecule has 55 heavy (non-hydrogen) atoms. The standard InChI is InChI=1S/C49H97NO5/c1-6-10-14-16-22-33-46(31-13-9-4)37-42-54-48(52)35-24-18-19-27-39-50(40-28-20-29-41-51)44-45(5)30-25-26-36-49(53)55-43-38-47(32-21-12-8-3)34-23-17-15-11-7-2/h45-47,51H,6-44H2,1-5H3. The first-order valence-corrected chi connectivity index (χ1v) is 24.5. The molecule has 3 unspecified atom stereocenters. The van der Waals surface area contributed by atoms with Crippen LogP contribution in [-0.4, -0.2) is 61.4 Å². The van der Waals surface area contributed by atoms with Crippen LogP contribution in [-0.2, 0) is 19.1 Å². The number of carbonyl (C=O) groups is 2. The lowest BCUT2D eigenvalue weighted by Gasteiger charge is -2.26. The van der Waals surface area contributed by atoms with Crippen LogP contribution in [0.2, 0.25) is 0 Å². The third kappa shape index (κ3) is 38.2. The number of aliphatic hydroxyl groups is 1. The van der Waals surface area contributed by atoms with Gasteiger partial charge in [0.25, 0.3) is 0 Å². The van der Waals surface area contributed by atoms with Gasteiger partial charge in [-0.1, -0.05) is 176 Å². The highest BCUT2D eigenvalue weighted by atomic mass is 16.5. The third-order valence-electron chi connectivity index (χ3n) is 11.8. The van der Waals surface area contributed by atoms with Gasteiger partial charge in [0, 0.05) is 26.0 Å². The first kappa shape index (κ1) is 53.9. The Balaban J connectivity index is 4.33. The summed E-state index contributed by atoms with van der Waals surface area (Å²) in [7, 11) is 0. The number of esters is 2. The molecular formula is C49H97NO5. The van der Waals surface area contributed by atoms with Gasteiger partial charge in [-0.15, -0.1) is 0 Å².